The quantitative estimate of drug-likeness (QED) is 0.849. The second-order valence-corrected chi connectivity index (χ2v) is 6.46. The van der Waals surface area contributed by atoms with Crippen molar-refractivity contribution in [2.24, 2.45) is 0 Å². The van der Waals surface area contributed by atoms with Crippen molar-refractivity contribution in [3.8, 4) is 0 Å². The maximum atomic E-state index is 5.54. The number of aryl methyl sites for hydroxylation is 2. The van der Waals surface area contributed by atoms with E-state index >= 15 is 0 Å². The molecule has 0 heterocycles. The monoisotopic (exact) mass is 290 g/mol. The van der Waals surface area contributed by atoms with Crippen molar-refractivity contribution in [3.63, 3.8) is 0 Å². The zero-order valence-electron chi connectivity index (χ0n) is 12.9. The van der Waals surface area contributed by atoms with E-state index < -0.39 is 0 Å². The molecule has 1 aromatic carbocycles. The summed E-state index contributed by atoms with van der Waals surface area (Å²) in [6.07, 6.45) is 6.57. The van der Waals surface area contributed by atoms with E-state index in [0.29, 0.717) is 6.04 Å². The van der Waals surface area contributed by atoms with Crippen LogP contribution in [0.2, 0.25) is 0 Å². The van der Waals surface area contributed by atoms with Gasteiger partial charge >= 0.3 is 0 Å². The Morgan fingerprint density at radius 1 is 1.25 bits per heavy atom. The highest BCUT2D eigenvalue weighted by molar-refractivity contribution is 7.80. The van der Waals surface area contributed by atoms with E-state index in [1.54, 1.807) is 0 Å². The van der Waals surface area contributed by atoms with Crippen molar-refractivity contribution in [1.29, 1.82) is 0 Å². The van der Waals surface area contributed by atoms with Gasteiger partial charge in [0.05, 0.1) is 0 Å². The summed E-state index contributed by atoms with van der Waals surface area (Å²) < 4.78 is 0. The average molecular weight is 290 g/mol. The highest BCUT2D eigenvalue weighted by Crippen LogP contribution is 2.18. The average Bonchev–Trinajstić information content (AvgIpc) is 2.43. The molecular formula is C17H26N2S. The van der Waals surface area contributed by atoms with Crippen molar-refractivity contribution in [2.75, 3.05) is 7.05 Å². The van der Waals surface area contributed by atoms with Gasteiger partial charge in [0.15, 0.2) is 5.11 Å². The zero-order chi connectivity index (χ0) is 14.5. The van der Waals surface area contributed by atoms with Gasteiger partial charge in [-0.25, -0.2) is 0 Å². The van der Waals surface area contributed by atoms with Crippen LogP contribution in [0.3, 0.4) is 0 Å². The minimum absolute atomic E-state index is 0.581. The normalized spacial score (nSPS) is 15.9. The number of hydrogen-bond donors (Lipinski definition) is 1. The topological polar surface area (TPSA) is 15.3 Å². The molecule has 0 aromatic heterocycles. The maximum absolute atomic E-state index is 5.54. The Hall–Kier alpha value is -1.09. The molecule has 1 fully saturated rings. The van der Waals surface area contributed by atoms with E-state index in [4.69, 9.17) is 12.2 Å². The molecule has 0 radical (unpaired) electrons. The van der Waals surface area contributed by atoms with E-state index in [-0.39, 0.29) is 0 Å². The van der Waals surface area contributed by atoms with Gasteiger partial charge in [-0.05, 0) is 50.0 Å². The second-order valence-electron chi connectivity index (χ2n) is 6.07. The van der Waals surface area contributed by atoms with Crippen LogP contribution < -0.4 is 5.32 Å². The minimum Gasteiger partial charge on any atom is -0.360 e. The van der Waals surface area contributed by atoms with E-state index in [1.165, 1.54) is 48.8 Å². The summed E-state index contributed by atoms with van der Waals surface area (Å²) in [5.41, 5.74) is 4.01. The Morgan fingerprint density at radius 3 is 2.60 bits per heavy atom. The third-order valence-electron chi connectivity index (χ3n) is 4.19. The molecule has 0 bridgehead atoms. The molecule has 0 unspecified atom stereocenters. The summed E-state index contributed by atoms with van der Waals surface area (Å²) in [6.45, 7) is 5.19. The molecule has 0 aliphatic heterocycles. The van der Waals surface area contributed by atoms with Gasteiger partial charge in [0, 0.05) is 19.6 Å². The molecule has 3 heteroatoms. The van der Waals surface area contributed by atoms with Crippen LogP contribution >= 0.6 is 12.2 Å². The molecule has 2 rings (SSSR count). The maximum Gasteiger partial charge on any atom is 0.169 e. The van der Waals surface area contributed by atoms with E-state index in [2.05, 4.69) is 49.3 Å². The fourth-order valence-corrected chi connectivity index (χ4v) is 3.11. The van der Waals surface area contributed by atoms with Gasteiger partial charge in [-0.2, -0.15) is 0 Å². The van der Waals surface area contributed by atoms with Crippen LogP contribution in [0.25, 0.3) is 0 Å². The fraction of sp³-hybridized carbons (Fsp3) is 0.588. The Morgan fingerprint density at radius 2 is 1.95 bits per heavy atom. The summed E-state index contributed by atoms with van der Waals surface area (Å²) >= 11 is 5.54. The van der Waals surface area contributed by atoms with Crippen LogP contribution in [0.5, 0.6) is 0 Å². The number of hydrogen-bond acceptors (Lipinski definition) is 1. The number of benzene rings is 1. The van der Waals surface area contributed by atoms with E-state index in [1.807, 2.05) is 0 Å². The van der Waals surface area contributed by atoms with Crippen molar-refractivity contribution in [1.82, 2.24) is 10.2 Å². The number of nitrogens with one attached hydrogen (secondary N) is 1. The van der Waals surface area contributed by atoms with Gasteiger partial charge in [0.2, 0.25) is 0 Å². The predicted molar refractivity (Wildman–Crippen MR) is 90.0 cm³/mol. The van der Waals surface area contributed by atoms with E-state index in [0.717, 1.165) is 11.7 Å². The first kappa shape index (κ1) is 15.3. The third-order valence-corrected chi connectivity index (χ3v) is 4.61. The number of rotatable bonds is 3. The van der Waals surface area contributed by atoms with Crippen LogP contribution in [0.15, 0.2) is 18.2 Å². The molecule has 2 nitrogen and oxygen atoms in total. The standard InChI is InChI=1S/C17H26N2S/c1-13-9-10-15(14(2)11-13)12-19(3)17(20)18-16-7-5-4-6-8-16/h9-11,16H,4-8,12H2,1-3H3,(H,18,20). The molecule has 0 saturated heterocycles. The first-order valence-electron chi connectivity index (χ1n) is 7.64. The SMILES string of the molecule is Cc1ccc(CN(C)C(=S)NC2CCCCC2)c(C)c1. The molecule has 0 spiro atoms. The molecule has 0 amide bonds. The van der Waals surface area contributed by atoms with Gasteiger partial charge in [0.1, 0.15) is 0 Å². The van der Waals surface area contributed by atoms with Crippen LogP contribution in [0.1, 0.15) is 48.8 Å². The van der Waals surface area contributed by atoms with Crippen molar-refractivity contribution < 1.29 is 0 Å². The lowest BCUT2D eigenvalue weighted by Gasteiger charge is -2.28. The lowest BCUT2D eigenvalue weighted by molar-refractivity contribution is 0.392. The molecule has 1 N–H and O–H groups in total. The van der Waals surface area contributed by atoms with Crippen LogP contribution in [0, 0.1) is 13.8 Å². The van der Waals surface area contributed by atoms with E-state index in [9.17, 15) is 0 Å². The lowest BCUT2D eigenvalue weighted by atomic mass is 9.96. The Kier molecular flexibility index (Phi) is 5.41. The number of nitrogens with zero attached hydrogens (tertiary/aromatic N) is 1. The lowest BCUT2D eigenvalue weighted by Crippen LogP contribution is -2.43. The second kappa shape index (κ2) is 7.07. The fourth-order valence-electron chi connectivity index (χ4n) is 2.88. The smallest absolute Gasteiger partial charge is 0.169 e. The molecule has 1 saturated carbocycles. The highest BCUT2D eigenvalue weighted by Gasteiger charge is 2.16. The summed E-state index contributed by atoms with van der Waals surface area (Å²) in [5, 5.41) is 4.41. The Labute approximate surface area is 128 Å². The van der Waals surface area contributed by atoms with Crippen molar-refractivity contribution >= 4 is 17.3 Å². The van der Waals surface area contributed by atoms with Gasteiger partial charge in [-0.15, -0.1) is 0 Å². The van der Waals surface area contributed by atoms with Gasteiger partial charge in [0.25, 0.3) is 0 Å². The molecule has 110 valence electrons. The minimum atomic E-state index is 0.581. The van der Waals surface area contributed by atoms with Gasteiger partial charge in [-0.1, -0.05) is 43.0 Å². The van der Waals surface area contributed by atoms with Gasteiger partial charge in [-0.3, -0.25) is 0 Å². The highest BCUT2D eigenvalue weighted by atomic mass is 32.1. The molecular weight excluding hydrogens is 264 g/mol. The third kappa shape index (κ3) is 4.20. The van der Waals surface area contributed by atoms with Crippen LogP contribution in [-0.2, 0) is 6.54 Å². The summed E-state index contributed by atoms with van der Waals surface area (Å²) in [4.78, 5) is 2.15. The molecule has 1 aromatic rings. The molecule has 20 heavy (non-hydrogen) atoms. The summed E-state index contributed by atoms with van der Waals surface area (Å²) in [6, 6.07) is 7.21. The Balaban J connectivity index is 1.89. The number of thiocarbonyl (C=S) groups is 1. The summed E-state index contributed by atoms with van der Waals surface area (Å²) in [7, 11) is 2.08. The largest absolute Gasteiger partial charge is 0.360 e. The first-order chi connectivity index (χ1) is 9.56. The van der Waals surface area contributed by atoms with Gasteiger partial charge < -0.3 is 10.2 Å². The van der Waals surface area contributed by atoms with Crippen molar-refractivity contribution in [3.05, 3.63) is 34.9 Å². The van der Waals surface area contributed by atoms with Crippen molar-refractivity contribution in [2.45, 2.75) is 58.5 Å². The zero-order valence-corrected chi connectivity index (χ0v) is 13.7. The summed E-state index contributed by atoms with van der Waals surface area (Å²) in [5.74, 6) is 0. The molecule has 0 atom stereocenters. The molecule has 1 aliphatic rings. The predicted octanol–water partition coefficient (Wildman–Crippen LogP) is 3.94. The van der Waals surface area contributed by atoms with Crippen LogP contribution in [-0.4, -0.2) is 23.1 Å². The first-order valence-corrected chi connectivity index (χ1v) is 8.05. The molecule has 1 aliphatic carbocycles. The van der Waals surface area contributed by atoms with Crippen LogP contribution in [0.4, 0.5) is 0 Å². The Bertz CT molecular complexity index is 464.